The second kappa shape index (κ2) is 2.69. The maximum Gasteiger partial charge on any atom is 0.303 e. The third kappa shape index (κ3) is 1.54. The van der Waals surface area contributed by atoms with Crippen molar-refractivity contribution in [1.82, 2.24) is 20.2 Å². The second-order valence-electron chi connectivity index (χ2n) is 1.77. The number of carbonyl (C=O) groups is 1. The first-order valence-electron chi connectivity index (χ1n) is 2.67. The van der Waals surface area contributed by atoms with Gasteiger partial charge < -0.3 is 0 Å². The van der Waals surface area contributed by atoms with Crippen LogP contribution in [0.1, 0.15) is 10.6 Å². The lowest BCUT2D eigenvalue weighted by Gasteiger charge is -1.88. The van der Waals surface area contributed by atoms with E-state index >= 15 is 0 Å². The summed E-state index contributed by atoms with van der Waals surface area (Å²) >= 11 is 0. The second-order valence-corrected chi connectivity index (χ2v) is 1.77. The molecule has 60 valence electrons. The molecule has 0 saturated carbocycles. The molecule has 0 unspecified atom stereocenters. The van der Waals surface area contributed by atoms with Crippen molar-refractivity contribution >= 4 is 5.78 Å². The number of Topliss-reactive ketones (excluding diaryl/α,β-unsaturated/α-hetero) is 1. The van der Waals surface area contributed by atoms with E-state index in [0.717, 1.165) is 4.80 Å². The van der Waals surface area contributed by atoms with Crippen molar-refractivity contribution in [3.63, 3.8) is 0 Å². The summed E-state index contributed by atoms with van der Waals surface area (Å²) in [6, 6.07) is 0. The monoisotopic (exact) mass is 162 g/mol. The molecule has 0 spiro atoms. The van der Waals surface area contributed by atoms with Crippen molar-refractivity contribution in [2.45, 2.75) is 6.43 Å². The highest BCUT2D eigenvalue weighted by molar-refractivity contribution is 5.94. The van der Waals surface area contributed by atoms with Gasteiger partial charge in [0.15, 0.2) is 0 Å². The Balaban J connectivity index is 2.85. The molecular weight excluding hydrogens is 158 g/mol. The van der Waals surface area contributed by atoms with Gasteiger partial charge in [0.1, 0.15) is 0 Å². The normalized spacial score (nSPS) is 10.5. The van der Waals surface area contributed by atoms with Gasteiger partial charge in [0.05, 0.1) is 7.05 Å². The molecular formula is C4H4F2N4O. The van der Waals surface area contributed by atoms with Crippen molar-refractivity contribution in [3.05, 3.63) is 5.82 Å². The highest BCUT2D eigenvalue weighted by Crippen LogP contribution is 1.99. The van der Waals surface area contributed by atoms with E-state index in [2.05, 4.69) is 15.4 Å². The van der Waals surface area contributed by atoms with Crippen molar-refractivity contribution in [3.8, 4) is 0 Å². The van der Waals surface area contributed by atoms with Crippen molar-refractivity contribution < 1.29 is 13.6 Å². The number of tetrazole rings is 1. The Bertz CT molecular complexity index is 271. The van der Waals surface area contributed by atoms with Gasteiger partial charge in [0, 0.05) is 0 Å². The summed E-state index contributed by atoms with van der Waals surface area (Å²) in [6.07, 6.45) is -3.07. The number of halogens is 2. The average Bonchev–Trinajstić information content (AvgIpc) is 2.34. The molecule has 1 aromatic rings. The molecule has 0 aliphatic rings. The molecule has 0 aromatic carbocycles. The van der Waals surface area contributed by atoms with Crippen LogP contribution in [0.15, 0.2) is 0 Å². The number of aryl methyl sites for hydroxylation is 1. The predicted octanol–water partition coefficient (Wildman–Crippen LogP) is -0.342. The van der Waals surface area contributed by atoms with Gasteiger partial charge in [0.2, 0.25) is 5.82 Å². The average molecular weight is 162 g/mol. The van der Waals surface area contributed by atoms with Gasteiger partial charge in [-0.05, 0) is 5.21 Å². The molecule has 0 amide bonds. The van der Waals surface area contributed by atoms with E-state index in [9.17, 15) is 13.6 Å². The summed E-state index contributed by atoms with van der Waals surface area (Å²) in [5.74, 6) is -1.96. The van der Waals surface area contributed by atoms with Gasteiger partial charge in [-0.25, -0.2) is 8.78 Å². The summed E-state index contributed by atoms with van der Waals surface area (Å²) in [7, 11) is 1.38. The van der Waals surface area contributed by atoms with E-state index in [1.54, 1.807) is 0 Å². The Labute approximate surface area is 60.0 Å². The largest absolute Gasteiger partial charge is 0.303 e. The number of hydrogen-bond donors (Lipinski definition) is 0. The Hall–Kier alpha value is -1.40. The van der Waals surface area contributed by atoms with Crippen LogP contribution in [0.5, 0.6) is 0 Å². The highest BCUT2D eigenvalue weighted by Gasteiger charge is 2.22. The molecule has 0 bridgehead atoms. The van der Waals surface area contributed by atoms with Gasteiger partial charge in [-0.1, -0.05) is 0 Å². The Kier molecular flexibility index (Phi) is 1.88. The van der Waals surface area contributed by atoms with Crippen LogP contribution in [0.2, 0.25) is 0 Å². The first-order chi connectivity index (χ1) is 5.11. The standard InChI is InChI=1S/C4H4F2N4O/c1-10-8-4(7-9-10)2(11)3(5)6/h3H,1H3. The molecule has 1 heterocycles. The Morgan fingerprint density at radius 2 is 2.27 bits per heavy atom. The minimum absolute atomic E-state index is 0.553. The van der Waals surface area contributed by atoms with E-state index in [0.29, 0.717) is 0 Å². The zero-order valence-electron chi connectivity index (χ0n) is 5.53. The molecule has 7 heteroatoms. The lowest BCUT2D eigenvalue weighted by molar-refractivity contribution is 0.0666. The van der Waals surface area contributed by atoms with E-state index in [-0.39, 0.29) is 0 Å². The van der Waals surface area contributed by atoms with Crippen LogP contribution < -0.4 is 0 Å². The number of carbonyl (C=O) groups excluding carboxylic acids is 1. The Morgan fingerprint density at radius 1 is 1.64 bits per heavy atom. The maximum absolute atomic E-state index is 11.7. The van der Waals surface area contributed by atoms with E-state index in [1.165, 1.54) is 7.05 Å². The molecule has 11 heavy (non-hydrogen) atoms. The van der Waals surface area contributed by atoms with Crippen LogP contribution in [0.25, 0.3) is 0 Å². The van der Waals surface area contributed by atoms with E-state index in [1.807, 2.05) is 0 Å². The van der Waals surface area contributed by atoms with Gasteiger partial charge in [0.25, 0.3) is 5.78 Å². The van der Waals surface area contributed by atoms with Crippen LogP contribution in [0.3, 0.4) is 0 Å². The first-order valence-corrected chi connectivity index (χ1v) is 2.67. The number of rotatable bonds is 2. The fraction of sp³-hybridized carbons (Fsp3) is 0.500. The molecule has 0 radical (unpaired) electrons. The lowest BCUT2D eigenvalue weighted by Crippen LogP contribution is -2.12. The fourth-order valence-electron chi connectivity index (χ4n) is 0.480. The summed E-state index contributed by atoms with van der Waals surface area (Å²) in [6.45, 7) is 0. The predicted molar refractivity (Wildman–Crippen MR) is 29.1 cm³/mol. The zero-order valence-corrected chi connectivity index (χ0v) is 5.53. The molecule has 1 rings (SSSR count). The highest BCUT2D eigenvalue weighted by atomic mass is 19.3. The van der Waals surface area contributed by atoms with Crippen LogP contribution in [-0.2, 0) is 7.05 Å². The maximum atomic E-state index is 11.7. The first kappa shape index (κ1) is 7.70. The summed E-state index contributed by atoms with van der Waals surface area (Å²) in [4.78, 5) is 11.4. The van der Waals surface area contributed by atoms with Gasteiger partial charge in [-0.15, -0.1) is 10.2 Å². The summed E-state index contributed by atoms with van der Waals surface area (Å²) < 4.78 is 23.3. The summed E-state index contributed by atoms with van der Waals surface area (Å²) in [5.41, 5.74) is 0. The Morgan fingerprint density at radius 3 is 2.64 bits per heavy atom. The molecule has 5 nitrogen and oxygen atoms in total. The van der Waals surface area contributed by atoms with E-state index < -0.39 is 18.0 Å². The lowest BCUT2D eigenvalue weighted by atomic mass is 10.4. The SMILES string of the molecule is Cn1nnc(C(=O)C(F)F)n1. The molecule has 0 aliphatic heterocycles. The number of alkyl halides is 2. The molecule has 1 aromatic heterocycles. The van der Waals surface area contributed by atoms with Crippen molar-refractivity contribution in [2.24, 2.45) is 7.05 Å². The minimum Gasteiger partial charge on any atom is -0.284 e. The summed E-state index contributed by atoms with van der Waals surface area (Å²) in [5, 5.41) is 9.63. The number of hydrogen-bond acceptors (Lipinski definition) is 4. The van der Waals surface area contributed by atoms with Crippen molar-refractivity contribution in [2.75, 3.05) is 0 Å². The number of nitrogens with zero attached hydrogens (tertiary/aromatic N) is 4. The van der Waals surface area contributed by atoms with Gasteiger partial charge in [-0.2, -0.15) is 4.80 Å². The van der Waals surface area contributed by atoms with E-state index in [4.69, 9.17) is 0 Å². The quantitative estimate of drug-likeness (QED) is 0.558. The molecule has 0 fully saturated rings. The van der Waals surface area contributed by atoms with Crippen LogP contribution in [0, 0.1) is 0 Å². The topological polar surface area (TPSA) is 60.7 Å². The van der Waals surface area contributed by atoms with Crippen molar-refractivity contribution in [1.29, 1.82) is 0 Å². The van der Waals surface area contributed by atoms with Gasteiger partial charge >= 0.3 is 6.43 Å². The smallest absolute Gasteiger partial charge is 0.284 e. The third-order valence-corrected chi connectivity index (χ3v) is 0.927. The number of ketones is 1. The van der Waals surface area contributed by atoms with Gasteiger partial charge in [-0.3, -0.25) is 4.79 Å². The zero-order chi connectivity index (χ0) is 8.43. The van der Waals surface area contributed by atoms with Crippen LogP contribution in [0.4, 0.5) is 8.78 Å². The third-order valence-electron chi connectivity index (χ3n) is 0.927. The fourth-order valence-corrected chi connectivity index (χ4v) is 0.480. The molecule has 0 atom stereocenters. The molecule has 0 N–H and O–H groups in total. The molecule has 0 saturated heterocycles. The van der Waals surface area contributed by atoms with Crippen LogP contribution >= 0.6 is 0 Å². The molecule has 0 aliphatic carbocycles. The van der Waals surface area contributed by atoms with Crippen LogP contribution in [-0.4, -0.2) is 32.4 Å². The minimum atomic E-state index is -3.07. The number of aromatic nitrogens is 4.